The van der Waals surface area contributed by atoms with Crippen molar-refractivity contribution in [1.82, 2.24) is 5.32 Å². The van der Waals surface area contributed by atoms with Crippen LogP contribution in [0, 0.1) is 0 Å². The van der Waals surface area contributed by atoms with Gasteiger partial charge in [-0.15, -0.1) is 11.3 Å². The van der Waals surface area contributed by atoms with Gasteiger partial charge in [-0.25, -0.2) is 9.98 Å². The lowest BCUT2D eigenvalue weighted by Crippen LogP contribution is -2.33. The van der Waals surface area contributed by atoms with Gasteiger partial charge in [0.2, 0.25) is 0 Å². The summed E-state index contributed by atoms with van der Waals surface area (Å²) in [6.45, 7) is 0. The second kappa shape index (κ2) is 13.1. The molecule has 0 aliphatic carbocycles. The average molecular weight is 760 g/mol. The van der Waals surface area contributed by atoms with E-state index < -0.39 is 6.17 Å². The molecule has 0 bridgehead atoms. The summed E-state index contributed by atoms with van der Waals surface area (Å²) < 4.78 is 9.03. The molecular weight excluding hydrogens is 727 g/mol. The number of aliphatic imine (C=N–C) groups is 2. The number of fused-ring (bicyclic) bond motifs is 9. The fraction of sp³-hybridized carbons (Fsp3) is 0.0189. The van der Waals surface area contributed by atoms with Crippen LogP contribution in [-0.2, 0) is 0 Å². The molecule has 0 saturated carbocycles. The van der Waals surface area contributed by atoms with E-state index in [-0.39, 0.29) is 0 Å². The number of hydrogen-bond acceptors (Lipinski definition) is 5. The van der Waals surface area contributed by atoms with E-state index in [1.165, 1.54) is 47.5 Å². The van der Waals surface area contributed by atoms with Gasteiger partial charge >= 0.3 is 0 Å². The quantitative estimate of drug-likeness (QED) is 0.178. The first-order valence-electron chi connectivity index (χ1n) is 19.6. The Hall–Kier alpha value is -7.34. The first-order valence-corrected chi connectivity index (χ1v) is 20.4. The Morgan fingerprint density at radius 1 is 0.466 bits per heavy atom. The molecule has 3 heterocycles. The zero-order chi connectivity index (χ0) is 38.2. The number of hydrogen-bond donors (Lipinski definition) is 1. The van der Waals surface area contributed by atoms with Gasteiger partial charge in [0, 0.05) is 47.6 Å². The van der Waals surface area contributed by atoms with E-state index in [2.05, 4.69) is 181 Å². The predicted molar refractivity (Wildman–Crippen MR) is 244 cm³/mol. The van der Waals surface area contributed by atoms with Crippen molar-refractivity contribution in [3.63, 3.8) is 0 Å². The van der Waals surface area contributed by atoms with Crippen LogP contribution in [0.1, 0.15) is 22.9 Å². The summed E-state index contributed by atoms with van der Waals surface area (Å²) in [5, 5.41) is 13.2. The molecule has 12 rings (SSSR count). The topological polar surface area (TPSA) is 49.9 Å². The van der Waals surface area contributed by atoms with Crippen LogP contribution < -0.4 is 5.32 Å². The molecule has 1 aliphatic heterocycles. The molecule has 4 nitrogen and oxygen atoms in total. The van der Waals surface area contributed by atoms with E-state index in [1.807, 2.05) is 23.5 Å². The number of furan rings is 1. The van der Waals surface area contributed by atoms with Gasteiger partial charge in [0.1, 0.15) is 23.2 Å². The van der Waals surface area contributed by atoms with E-state index in [4.69, 9.17) is 14.4 Å². The summed E-state index contributed by atoms with van der Waals surface area (Å²) >= 11 is 1.82. The van der Waals surface area contributed by atoms with Crippen molar-refractivity contribution in [3.05, 3.63) is 205 Å². The van der Waals surface area contributed by atoms with E-state index in [9.17, 15) is 0 Å². The maximum absolute atomic E-state index is 6.54. The van der Waals surface area contributed by atoms with Crippen LogP contribution in [0.2, 0.25) is 0 Å². The molecule has 0 amide bonds. The van der Waals surface area contributed by atoms with Gasteiger partial charge in [-0.05, 0) is 80.2 Å². The van der Waals surface area contributed by atoms with Crippen LogP contribution in [-0.4, -0.2) is 11.7 Å². The van der Waals surface area contributed by atoms with Crippen molar-refractivity contribution in [2.75, 3.05) is 0 Å². The summed E-state index contributed by atoms with van der Waals surface area (Å²) in [5.41, 5.74) is 9.19. The monoisotopic (exact) mass is 759 g/mol. The van der Waals surface area contributed by atoms with Gasteiger partial charge in [0.05, 0.1) is 0 Å². The summed E-state index contributed by atoms with van der Waals surface area (Å²) in [5.74, 6) is 1.44. The number of nitrogens with one attached hydrogen (secondary N) is 1. The largest absolute Gasteiger partial charge is 0.456 e. The maximum Gasteiger partial charge on any atom is 0.160 e. The van der Waals surface area contributed by atoms with Gasteiger partial charge in [-0.1, -0.05) is 152 Å². The van der Waals surface area contributed by atoms with E-state index in [1.54, 1.807) is 0 Å². The van der Waals surface area contributed by atoms with E-state index in [0.717, 1.165) is 61.0 Å². The van der Waals surface area contributed by atoms with Crippen molar-refractivity contribution in [3.8, 4) is 22.3 Å². The number of benzene rings is 9. The zero-order valence-electron chi connectivity index (χ0n) is 31.2. The number of thiophene rings is 1. The fourth-order valence-electron chi connectivity index (χ4n) is 8.82. The lowest BCUT2D eigenvalue weighted by atomic mass is 9.92. The molecule has 0 radical (unpaired) electrons. The third-order valence-corrected chi connectivity index (χ3v) is 12.7. The van der Waals surface area contributed by atoms with Gasteiger partial charge in [-0.2, -0.15) is 0 Å². The molecule has 9 aromatic carbocycles. The summed E-state index contributed by atoms with van der Waals surface area (Å²) in [6.07, 6.45) is -0.418. The normalized spacial score (nSPS) is 14.4. The van der Waals surface area contributed by atoms with Crippen LogP contribution in [0.25, 0.3) is 85.9 Å². The number of nitrogens with zero attached hydrogens (tertiary/aromatic N) is 2. The third-order valence-electron chi connectivity index (χ3n) is 11.6. The van der Waals surface area contributed by atoms with Crippen LogP contribution >= 0.6 is 11.3 Å². The Bertz CT molecular complexity index is 3490. The molecule has 1 aliphatic rings. The highest BCUT2D eigenvalue weighted by Crippen LogP contribution is 2.42. The first-order chi connectivity index (χ1) is 28.7. The number of para-hydroxylation sites is 1. The van der Waals surface area contributed by atoms with Crippen molar-refractivity contribution in [1.29, 1.82) is 0 Å². The van der Waals surface area contributed by atoms with E-state index in [0.29, 0.717) is 5.84 Å². The SMILES string of the molecule is c1ccc(-c2ccc(-c3ccc4oc5ccccc5c4c3C3=NC(c4cccc5sc6ccccc6c45)NC(c4ccc5c(ccc6ccccc65)c4)=N3)cc2)cc1. The van der Waals surface area contributed by atoms with E-state index >= 15 is 0 Å². The zero-order valence-corrected chi connectivity index (χ0v) is 32.0. The van der Waals surface area contributed by atoms with Gasteiger partial charge in [0.25, 0.3) is 0 Å². The molecule has 1 N–H and O–H groups in total. The van der Waals surface area contributed by atoms with Gasteiger partial charge in [-0.3, -0.25) is 0 Å². The number of amidine groups is 2. The third kappa shape index (κ3) is 5.28. The summed E-state index contributed by atoms with van der Waals surface area (Å²) in [6, 6.07) is 66.8. The number of rotatable bonds is 5. The minimum atomic E-state index is -0.418. The van der Waals surface area contributed by atoms with Crippen LogP contribution in [0.15, 0.2) is 202 Å². The van der Waals surface area contributed by atoms with Crippen LogP contribution in [0.5, 0.6) is 0 Å². The maximum atomic E-state index is 6.54. The molecule has 0 spiro atoms. The Balaban J connectivity index is 1.11. The Labute approximate surface area is 338 Å². The molecule has 58 heavy (non-hydrogen) atoms. The van der Waals surface area contributed by atoms with Gasteiger partial charge in [0.15, 0.2) is 5.84 Å². The van der Waals surface area contributed by atoms with Crippen molar-refractivity contribution in [2.45, 2.75) is 6.17 Å². The molecule has 272 valence electrons. The summed E-state index contributed by atoms with van der Waals surface area (Å²) in [7, 11) is 0. The highest BCUT2D eigenvalue weighted by atomic mass is 32.1. The smallest absolute Gasteiger partial charge is 0.160 e. The Morgan fingerprint density at radius 3 is 2.05 bits per heavy atom. The second-order valence-electron chi connectivity index (χ2n) is 14.9. The van der Waals surface area contributed by atoms with Gasteiger partial charge < -0.3 is 9.73 Å². The highest BCUT2D eigenvalue weighted by molar-refractivity contribution is 7.25. The Kier molecular flexibility index (Phi) is 7.43. The average Bonchev–Trinajstić information content (AvgIpc) is 3.87. The molecule has 2 aromatic heterocycles. The van der Waals surface area contributed by atoms with Crippen LogP contribution in [0.3, 0.4) is 0 Å². The van der Waals surface area contributed by atoms with Crippen LogP contribution in [0.4, 0.5) is 0 Å². The van der Waals surface area contributed by atoms with Crippen molar-refractivity contribution < 1.29 is 4.42 Å². The lowest BCUT2D eigenvalue weighted by molar-refractivity contribution is 0.668. The molecule has 0 fully saturated rings. The molecule has 1 unspecified atom stereocenters. The van der Waals surface area contributed by atoms with Crippen molar-refractivity contribution in [2.24, 2.45) is 9.98 Å². The standard InChI is InChI=1S/C53H33N3OS/c1-2-11-32(12-3-1)33-21-23-35(24-22-33)40-29-30-45-49(41-15-6-8-18-44(41)57-45)50(40)53-55-51(37-27-28-39-36(31-37)26-25-34-13-4-5-14-38(34)39)54-52(56-53)43-17-10-20-47-48(43)42-16-7-9-19-46(42)58-47/h1-31,52H,(H,54,55,56). The fourth-order valence-corrected chi connectivity index (χ4v) is 9.96. The predicted octanol–water partition coefficient (Wildman–Crippen LogP) is 14.1. The first kappa shape index (κ1) is 32.9. The molecule has 11 aromatic rings. The molecule has 5 heteroatoms. The summed E-state index contributed by atoms with van der Waals surface area (Å²) in [4.78, 5) is 11.1. The van der Waals surface area contributed by atoms with Crippen molar-refractivity contribution >= 4 is 86.7 Å². The minimum Gasteiger partial charge on any atom is -0.456 e. The highest BCUT2D eigenvalue weighted by Gasteiger charge is 2.28. The molecule has 0 saturated heterocycles. The second-order valence-corrected chi connectivity index (χ2v) is 16.0. The molecule has 1 atom stereocenters. The Morgan fingerprint density at radius 2 is 1.16 bits per heavy atom. The lowest BCUT2D eigenvalue weighted by Gasteiger charge is -2.25. The minimum absolute atomic E-state index is 0.418. The molecular formula is C53H33N3OS.